The van der Waals surface area contributed by atoms with Gasteiger partial charge in [-0.25, -0.2) is 9.80 Å². The van der Waals surface area contributed by atoms with Crippen LogP contribution in [0.2, 0.25) is 0 Å². The molecule has 6 aromatic rings. The van der Waals surface area contributed by atoms with Crippen LogP contribution in [-0.2, 0) is 0 Å². The summed E-state index contributed by atoms with van der Waals surface area (Å²) in [4.78, 5) is 116. The average molecular weight is 705 g/mol. The van der Waals surface area contributed by atoms with Gasteiger partial charge in [0.2, 0.25) is 0 Å². The predicted molar refractivity (Wildman–Crippen MR) is 194 cm³/mol. The molecule has 6 aromatic carbocycles. The molecule has 10 rings (SSSR count). The van der Waals surface area contributed by atoms with Crippen LogP contribution in [0.15, 0.2) is 121 Å². The van der Waals surface area contributed by atoms with E-state index in [0.29, 0.717) is 0 Å². The lowest BCUT2D eigenvalue weighted by atomic mass is 9.75. The van der Waals surface area contributed by atoms with Crippen molar-refractivity contribution in [1.82, 2.24) is 0 Å². The smallest absolute Gasteiger partial charge is 0.266 e. The van der Waals surface area contributed by atoms with Crippen molar-refractivity contribution in [3.05, 3.63) is 188 Å². The predicted octanol–water partition coefficient (Wildman–Crippen LogP) is 6.51. The van der Waals surface area contributed by atoms with Crippen molar-refractivity contribution in [2.24, 2.45) is 0 Å². The van der Waals surface area contributed by atoms with E-state index in [9.17, 15) is 38.4 Å². The molecule has 2 heterocycles. The molecule has 0 spiro atoms. The molecule has 2 aliphatic heterocycles. The molecular formula is C44H20N2O8. The molecule has 0 bridgehead atoms. The van der Waals surface area contributed by atoms with E-state index >= 15 is 0 Å². The fourth-order valence-corrected chi connectivity index (χ4v) is 8.05. The molecule has 4 amide bonds. The number of benzene rings is 6. The quantitative estimate of drug-likeness (QED) is 0.190. The molecule has 4 aliphatic rings. The highest BCUT2D eigenvalue weighted by molar-refractivity contribution is 6.41. The Kier molecular flexibility index (Phi) is 6.26. The Morgan fingerprint density at radius 3 is 0.796 bits per heavy atom. The minimum absolute atomic E-state index is 0.0237. The summed E-state index contributed by atoms with van der Waals surface area (Å²) >= 11 is 0. The third-order valence-corrected chi connectivity index (χ3v) is 10.5. The molecule has 0 radical (unpaired) electrons. The summed E-state index contributed by atoms with van der Waals surface area (Å²) in [5.41, 5.74) is -0.994. The van der Waals surface area contributed by atoms with Crippen LogP contribution < -0.4 is 9.80 Å². The molecule has 10 nitrogen and oxygen atoms in total. The van der Waals surface area contributed by atoms with Crippen molar-refractivity contribution in [2.45, 2.75) is 0 Å². The van der Waals surface area contributed by atoms with Gasteiger partial charge >= 0.3 is 0 Å². The van der Waals surface area contributed by atoms with Gasteiger partial charge in [0.05, 0.1) is 33.6 Å². The zero-order chi connectivity index (χ0) is 37.2. The maximum absolute atomic E-state index is 14.8. The molecule has 254 valence electrons. The Balaban J connectivity index is 1.36. The maximum atomic E-state index is 14.8. The van der Waals surface area contributed by atoms with Gasteiger partial charge in [-0.3, -0.25) is 38.4 Å². The van der Waals surface area contributed by atoms with Crippen molar-refractivity contribution < 1.29 is 38.4 Å². The van der Waals surface area contributed by atoms with E-state index < -0.39 is 46.8 Å². The molecule has 0 unspecified atom stereocenters. The summed E-state index contributed by atoms with van der Waals surface area (Å²) in [6, 6.07) is 30.0. The minimum atomic E-state index is -0.744. The van der Waals surface area contributed by atoms with Crippen molar-refractivity contribution in [1.29, 1.82) is 0 Å². The van der Waals surface area contributed by atoms with Gasteiger partial charge in [0.15, 0.2) is 23.1 Å². The lowest BCUT2D eigenvalue weighted by Crippen LogP contribution is -2.34. The van der Waals surface area contributed by atoms with Crippen LogP contribution in [0.4, 0.5) is 11.4 Å². The first-order chi connectivity index (χ1) is 26.2. The number of carbonyl (C=O) groups is 8. The summed E-state index contributed by atoms with van der Waals surface area (Å²) in [7, 11) is 0. The highest BCUT2D eigenvalue weighted by Gasteiger charge is 2.46. The summed E-state index contributed by atoms with van der Waals surface area (Å²) in [5, 5.41) is 0. The number of imide groups is 2. The van der Waals surface area contributed by atoms with Crippen LogP contribution in [0.5, 0.6) is 0 Å². The lowest BCUT2D eigenvalue weighted by molar-refractivity contribution is 0.0909. The Hall–Kier alpha value is -7.72. The number of carbonyl (C=O) groups excluding carboxylic acids is 8. The van der Waals surface area contributed by atoms with Crippen LogP contribution in [0.1, 0.15) is 105 Å². The largest absolute Gasteiger partial charge is 0.289 e. The van der Waals surface area contributed by atoms with Crippen LogP contribution in [0.3, 0.4) is 0 Å². The second-order valence-corrected chi connectivity index (χ2v) is 13.2. The summed E-state index contributed by atoms with van der Waals surface area (Å²) in [6.45, 7) is 0. The fraction of sp³-hybridized carbons (Fsp3) is 0. The molecule has 0 saturated carbocycles. The Morgan fingerprint density at radius 2 is 0.500 bits per heavy atom. The van der Waals surface area contributed by atoms with Crippen LogP contribution >= 0.6 is 0 Å². The summed E-state index contributed by atoms with van der Waals surface area (Å²) < 4.78 is 0. The molecular weight excluding hydrogens is 684 g/mol. The molecule has 2 aliphatic carbocycles. The molecule has 54 heavy (non-hydrogen) atoms. The first kappa shape index (κ1) is 31.1. The maximum Gasteiger partial charge on any atom is 0.266 e. The third-order valence-electron chi connectivity index (χ3n) is 10.5. The summed E-state index contributed by atoms with van der Waals surface area (Å²) in [6.07, 6.45) is 0. The number of hydrogen-bond donors (Lipinski definition) is 0. The number of nitrogens with zero attached hydrogens (tertiary/aromatic N) is 2. The third kappa shape index (κ3) is 3.88. The minimum Gasteiger partial charge on any atom is -0.289 e. The van der Waals surface area contributed by atoms with Crippen molar-refractivity contribution >= 4 is 58.1 Å². The van der Waals surface area contributed by atoms with E-state index in [2.05, 4.69) is 0 Å². The zero-order valence-corrected chi connectivity index (χ0v) is 27.7. The Labute approximate surface area is 304 Å². The van der Waals surface area contributed by atoms with E-state index in [1.165, 1.54) is 72.8 Å². The van der Waals surface area contributed by atoms with Gasteiger partial charge in [-0.15, -0.1) is 0 Å². The highest BCUT2D eigenvalue weighted by atomic mass is 16.2. The SMILES string of the molecule is O=C1c2ccccc2C(=O)c2c1ccc(N1C(=O)c3ccccc3C1=O)c2-c1c(N2C(=O)c3ccccc3C2=O)ccc2c1C(=O)c1ccccc1C2=O. The van der Waals surface area contributed by atoms with Gasteiger partial charge < -0.3 is 0 Å². The van der Waals surface area contributed by atoms with Crippen molar-refractivity contribution in [3.8, 4) is 11.1 Å². The fourth-order valence-electron chi connectivity index (χ4n) is 8.05. The Morgan fingerprint density at radius 1 is 0.241 bits per heavy atom. The van der Waals surface area contributed by atoms with Crippen LogP contribution in [-0.4, -0.2) is 46.8 Å². The number of hydrogen-bond acceptors (Lipinski definition) is 8. The second-order valence-electron chi connectivity index (χ2n) is 13.2. The van der Waals surface area contributed by atoms with E-state index in [1.807, 2.05) is 0 Å². The first-order valence-corrected chi connectivity index (χ1v) is 16.9. The highest BCUT2D eigenvalue weighted by Crippen LogP contribution is 2.50. The van der Waals surface area contributed by atoms with E-state index in [0.717, 1.165) is 9.80 Å². The second kappa shape index (κ2) is 10.9. The van der Waals surface area contributed by atoms with Crippen molar-refractivity contribution in [2.75, 3.05) is 9.80 Å². The summed E-state index contributed by atoms with van der Waals surface area (Å²) in [5.74, 6) is -5.41. The lowest BCUT2D eigenvalue weighted by Gasteiger charge is -2.30. The molecule has 0 atom stereocenters. The van der Waals surface area contributed by atoms with Gasteiger partial charge in [-0.1, -0.05) is 72.8 Å². The normalized spacial score (nSPS) is 15.3. The molecule has 0 aromatic heterocycles. The number of amides is 4. The topological polar surface area (TPSA) is 143 Å². The van der Waals surface area contributed by atoms with Crippen LogP contribution in [0.25, 0.3) is 11.1 Å². The van der Waals surface area contributed by atoms with Crippen LogP contribution in [0, 0.1) is 0 Å². The number of rotatable bonds is 3. The number of fused-ring (bicyclic) bond motifs is 6. The standard InChI is InChI=1S/C44H20N2O8/c47-37-21-9-1-3-11-23(21)39(49)33-29(37)17-19-31(45-41(51)25-13-5-6-14-26(25)42(45)52)35(33)36-32(46-43(53)27-15-7-8-16-28(27)44(46)54)20-18-30-34(36)40(50)24-12-4-2-10-22(24)38(30)48/h1-20H. The monoisotopic (exact) mass is 704 g/mol. The molecule has 0 saturated heterocycles. The Bertz CT molecular complexity index is 2640. The van der Waals surface area contributed by atoms with Gasteiger partial charge in [0.25, 0.3) is 23.6 Å². The van der Waals surface area contributed by atoms with Gasteiger partial charge in [0, 0.05) is 55.6 Å². The van der Waals surface area contributed by atoms with E-state index in [1.54, 1.807) is 48.5 Å². The van der Waals surface area contributed by atoms with E-state index in [-0.39, 0.29) is 89.3 Å². The molecule has 10 heteroatoms. The van der Waals surface area contributed by atoms with Gasteiger partial charge in [-0.05, 0) is 48.5 Å². The molecule has 0 N–H and O–H groups in total. The van der Waals surface area contributed by atoms with Gasteiger partial charge in [0.1, 0.15) is 0 Å². The number of anilines is 2. The van der Waals surface area contributed by atoms with Crippen molar-refractivity contribution in [3.63, 3.8) is 0 Å². The number of ketones is 4. The first-order valence-electron chi connectivity index (χ1n) is 16.9. The van der Waals surface area contributed by atoms with Gasteiger partial charge in [-0.2, -0.15) is 0 Å². The average Bonchev–Trinajstić information content (AvgIpc) is 3.61. The molecule has 0 fully saturated rings. The zero-order valence-electron chi connectivity index (χ0n) is 27.7. The van der Waals surface area contributed by atoms with E-state index in [4.69, 9.17) is 0 Å².